The zero-order valence-corrected chi connectivity index (χ0v) is 19.1. The Morgan fingerprint density at radius 1 is 1.03 bits per heavy atom. The van der Waals surface area contributed by atoms with Crippen LogP contribution >= 0.6 is 23.2 Å². The first-order valence-electron chi connectivity index (χ1n) is 10.6. The Bertz CT molecular complexity index is 1140. The highest BCUT2D eigenvalue weighted by Gasteiger charge is 2.24. The van der Waals surface area contributed by atoms with Crippen LogP contribution in [0.25, 0.3) is 0 Å². The summed E-state index contributed by atoms with van der Waals surface area (Å²) in [5.74, 6) is -0.786. The standard InChI is InChI=1S/C23H22Cl2N4O4/c24-16-7-10-18(25)19(12-16)27-23-29-28-22(33-23)21(32)26-17-8-5-15(6-9-17)14-3-1-13(2-4-14)11-20(30)31/h5-10,12-14H,1-4,11H2,(H,26,32)(H,27,29)(H,30,31). The number of halogens is 2. The average molecular weight is 489 g/mol. The van der Waals surface area contributed by atoms with Gasteiger partial charge in [0.15, 0.2) is 0 Å². The van der Waals surface area contributed by atoms with Gasteiger partial charge in [-0.3, -0.25) is 9.59 Å². The molecule has 0 atom stereocenters. The van der Waals surface area contributed by atoms with Crippen molar-refractivity contribution in [3.8, 4) is 0 Å². The molecule has 1 amide bonds. The maximum Gasteiger partial charge on any atom is 0.320 e. The summed E-state index contributed by atoms with van der Waals surface area (Å²) in [5.41, 5.74) is 2.27. The van der Waals surface area contributed by atoms with Crippen LogP contribution in [0.2, 0.25) is 10.0 Å². The molecule has 4 rings (SSSR count). The van der Waals surface area contributed by atoms with Crippen molar-refractivity contribution in [2.75, 3.05) is 10.6 Å². The summed E-state index contributed by atoms with van der Waals surface area (Å²) in [6.45, 7) is 0. The molecule has 0 bridgehead atoms. The number of anilines is 3. The Morgan fingerprint density at radius 3 is 2.45 bits per heavy atom. The van der Waals surface area contributed by atoms with Gasteiger partial charge in [-0.2, -0.15) is 0 Å². The van der Waals surface area contributed by atoms with Crippen molar-refractivity contribution in [3.05, 3.63) is 64.0 Å². The smallest absolute Gasteiger partial charge is 0.320 e. The molecule has 0 saturated heterocycles. The van der Waals surface area contributed by atoms with E-state index < -0.39 is 11.9 Å². The van der Waals surface area contributed by atoms with Crippen molar-refractivity contribution in [1.29, 1.82) is 0 Å². The fourth-order valence-corrected chi connectivity index (χ4v) is 4.38. The van der Waals surface area contributed by atoms with Crippen molar-refractivity contribution in [2.24, 2.45) is 5.92 Å². The van der Waals surface area contributed by atoms with E-state index in [-0.39, 0.29) is 24.2 Å². The van der Waals surface area contributed by atoms with E-state index in [0.717, 1.165) is 25.7 Å². The molecule has 1 aliphatic rings. The van der Waals surface area contributed by atoms with Crippen molar-refractivity contribution in [3.63, 3.8) is 0 Å². The van der Waals surface area contributed by atoms with Crippen LogP contribution in [-0.2, 0) is 4.79 Å². The first kappa shape index (κ1) is 23.1. The lowest BCUT2D eigenvalue weighted by Gasteiger charge is -2.28. The fraction of sp³-hybridized carbons (Fsp3) is 0.304. The molecule has 0 aliphatic heterocycles. The summed E-state index contributed by atoms with van der Waals surface area (Å²) in [7, 11) is 0. The third-order valence-corrected chi connectivity index (χ3v) is 6.30. The van der Waals surface area contributed by atoms with Crippen molar-refractivity contribution in [2.45, 2.75) is 38.0 Å². The number of aromatic nitrogens is 2. The van der Waals surface area contributed by atoms with Crippen molar-refractivity contribution in [1.82, 2.24) is 10.2 Å². The number of amides is 1. The Balaban J connectivity index is 1.33. The fourth-order valence-electron chi connectivity index (χ4n) is 4.04. The van der Waals surface area contributed by atoms with E-state index >= 15 is 0 Å². The van der Waals surface area contributed by atoms with Crippen LogP contribution in [0, 0.1) is 5.92 Å². The largest absolute Gasteiger partial charge is 0.481 e. The van der Waals surface area contributed by atoms with Crippen LogP contribution in [-0.4, -0.2) is 27.2 Å². The Kier molecular flexibility index (Phi) is 7.15. The predicted molar refractivity (Wildman–Crippen MR) is 125 cm³/mol. The summed E-state index contributed by atoms with van der Waals surface area (Å²) in [5, 5.41) is 23.0. The maximum absolute atomic E-state index is 12.5. The molecule has 0 unspecified atom stereocenters. The van der Waals surface area contributed by atoms with E-state index in [1.54, 1.807) is 18.2 Å². The summed E-state index contributed by atoms with van der Waals surface area (Å²) < 4.78 is 5.38. The number of benzene rings is 2. The minimum atomic E-state index is -0.726. The van der Waals surface area contributed by atoms with Gasteiger partial charge in [0, 0.05) is 17.1 Å². The van der Waals surface area contributed by atoms with Crippen LogP contribution in [0.15, 0.2) is 46.9 Å². The van der Waals surface area contributed by atoms with Crippen LogP contribution < -0.4 is 10.6 Å². The van der Waals surface area contributed by atoms with Gasteiger partial charge in [0.25, 0.3) is 0 Å². The molecule has 1 heterocycles. The lowest BCUT2D eigenvalue weighted by Crippen LogP contribution is -2.16. The van der Waals surface area contributed by atoms with Crippen molar-refractivity contribution < 1.29 is 19.1 Å². The number of hydrogen-bond donors (Lipinski definition) is 3. The molecule has 1 fully saturated rings. The van der Waals surface area contributed by atoms with E-state index in [9.17, 15) is 9.59 Å². The lowest BCUT2D eigenvalue weighted by atomic mass is 9.77. The second-order valence-electron chi connectivity index (χ2n) is 8.05. The number of carbonyl (C=O) groups excluding carboxylic acids is 1. The highest BCUT2D eigenvalue weighted by molar-refractivity contribution is 6.35. The van der Waals surface area contributed by atoms with E-state index in [1.807, 2.05) is 24.3 Å². The monoisotopic (exact) mass is 488 g/mol. The average Bonchev–Trinajstić information content (AvgIpc) is 3.26. The molecule has 0 spiro atoms. The van der Waals surface area contributed by atoms with Crippen LogP contribution in [0.1, 0.15) is 54.3 Å². The van der Waals surface area contributed by atoms with Gasteiger partial charge >= 0.3 is 23.8 Å². The molecule has 10 heteroatoms. The Hall–Kier alpha value is -3.10. The SMILES string of the molecule is O=C(O)CC1CCC(c2ccc(NC(=O)c3nnc(Nc4cc(Cl)ccc4Cl)o3)cc2)CC1. The second kappa shape index (κ2) is 10.2. The van der Waals surface area contributed by atoms with Gasteiger partial charge in [-0.25, -0.2) is 0 Å². The van der Waals surface area contributed by atoms with Crippen LogP contribution in [0.4, 0.5) is 17.4 Å². The van der Waals surface area contributed by atoms with E-state index in [0.29, 0.717) is 27.3 Å². The van der Waals surface area contributed by atoms with Crippen molar-refractivity contribution >= 4 is 52.5 Å². The molecule has 2 aromatic carbocycles. The molecular formula is C23H22Cl2N4O4. The molecule has 33 heavy (non-hydrogen) atoms. The Morgan fingerprint density at radius 2 is 1.76 bits per heavy atom. The number of nitrogens with one attached hydrogen (secondary N) is 2. The molecule has 0 radical (unpaired) electrons. The number of carbonyl (C=O) groups is 2. The summed E-state index contributed by atoms with van der Waals surface area (Å²) in [6.07, 6.45) is 4.03. The first-order chi connectivity index (χ1) is 15.9. The van der Waals surface area contributed by atoms with Gasteiger partial charge in [-0.1, -0.05) is 40.4 Å². The summed E-state index contributed by atoms with van der Waals surface area (Å²) in [4.78, 5) is 23.4. The highest BCUT2D eigenvalue weighted by Crippen LogP contribution is 2.37. The number of carboxylic acid groups (broad SMARTS) is 1. The maximum atomic E-state index is 12.5. The minimum absolute atomic E-state index is 0.0122. The number of hydrogen-bond acceptors (Lipinski definition) is 6. The molecule has 1 saturated carbocycles. The molecular weight excluding hydrogens is 467 g/mol. The quantitative estimate of drug-likeness (QED) is 0.366. The third-order valence-electron chi connectivity index (χ3n) is 5.74. The molecule has 1 aromatic heterocycles. The van der Waals surface area contributed by atoms with Gasteiger partial charge in [0.1, 0.15) is 0 Å². The molecule has 8 nitrogen and oxygen atoms in total. The molecule has 172 valence electrons. The third kappa shape index (κ3) is 6.03. The van der Waals surface area contributed by atoms with E-state index in [2.05, 4.69) is 20.8 Å². The van der Waals surface area contributed by atoms with Gasteiger partial charge in [-0.05, 0) is 73.4 Å². The van der Waals surface area contributed by atoms with Crippen LogP contribution in [0.5, 0.6) is 0 Å². The molecule has 3 N–H and O–H groups in total. The second-order valence-corrected chi connectivity index (χ2v) is 8.90. The van der Waals surface area contributed by atoms with Gasteiger partial charge in [-0.15, -0.1) is 5.10 Å². The van der Waals surface area contributed by atoms with Gasteiger partial charge in [0.2, 0.25) is 0 Å². The Labute approximate surface area is 200 Å². The molecule has 1 aliphatic carbocycles. The first-order valence-corrected chi connectivity index (χ1v) is 11.3. The normalized spacial score (nSPS) is 18.0. The zero-order valence-electron chi connectivity index (χ0n) is 17.6. The number of carboxylic acids is 1. The van der Waals surface area contributed by atoms with Gasteiger partial charge in [0.05, 0.1) is 10.7 Å². The van der Waals surface area contributed by atoms with Crippen LogP contribution in [0.3, 0.4) is 0 Å². The molecule has 3 aromatic rings. The predicted octanol–water partition coefficient (Wildman–Crippen LogP) is 6.12. The number of rotatable bonds is 7. The summed E-state index contributed by atoms with van der Waals surface area (Å²) >= 11 is 12.1. The zero-order chi connectivity index (χ0) is 23.4. The topological polar surface area (TPSA) is 117 Å². The van der Waals surface area contributed by atoms with Gasteiger partial charge < -0.3 is 20.2 Å². The number of nitrogens with zero attached hydrogens (tertiary/aromatic N) is 2. The highest BCUT2D eigenvalue weighted by atomic mass is 35.5. The number of aliphatic carboxylic acids is 1. The minimum Gasteiger partial charge on any atom is -0.481 e. The van der Waals surface area contributed by atoms with E-state index in [4.69, 9.17) is 32.7 Å². The van der Waals surface area contributed by atoms with E-state index in [1.165, 1.54) is 5.56 Å². The summed E-state index contributed by atoms with van der Waals surface area (Å²) in [6, 6.07) is 12.5. The lowest BCUT2D eigenvalue weighted by molar-refractivity contribution is -0.138.